The van der Waals surface area contributed by atoms with Gasteiger partial charge in [0.15, 0.2) is 0 Å². The zero-order chi connectivity index (χ0) is 18.2. The van der Waals surface area contributed by atoms with Crippen LogP contribution in [0.15, 0.2) is 105 Å². The summed E-state index contributed by atoms with van der Waals surface area (Å²) in [5.41, 5.74) is 2.14. The number of thioether (sulfide) groups is 2. The quantitative estimate of drug-likeness (QED) is 0.454. The molecule has 1 nitrogen and oxygen atoms in total. The van der Waals surface area contributed by atoms with Gasteiger partial charge in [0.05, 0.1) is 6.10 Å². The first-order chi connectivity index (χ1) is 12.7. The van der Waals surface area contributed by atoms with Crippen LogP contribution in [0.1, 0.15) is 23.7 Å². The standard InChI is InChI=1S/C23H22OS2/c1-18-9-8-10-19(17-18)22(24)15-16-23(25-20-11-4-2-5-12-20)26-21-13-6-3-7-14-21/h2-14,16-17,22,24H,15H2,1H3/t22-/m0/s1. The maximum absolute atomic E-state index is 10.6. The van der Waals surface area contributed by atoms with E-state index in [4.69, 9.17) is 0 Å². The molecule has 26 heavy (non-hydrogen) atoms. The molecule has 3 rings (SSSR count). The zero-order valence-electron chi connectivity index (χ0n) is 14.7. The molecule has 0 saturated heterocycles. The van der Waals surface area contributed by atoms with Crippen LogP contribution in [0.3, 0.4) is 0 Å². The highest BCUT2D eigenvalue weighted by Crippen LogP contribution is 2.40. The van der Waals surface area contributed by atoms with E-state index in [1.54, 1.807) is 23.5 Å². The second kappa shape index (κ2) is 9.67. The maximum atomic E-state index is 10.6. The SMILES string of the molecule is Cc1cccc([C@@H](O)CC=C(Sc2ccccc2)Sc2ccccc2)c1. The number of aliphatic hydroxyl groups excluding tert-OH is 1. The number of rotatable bonds is 7. The van der Waals surface area contributed by atoms with Gasteiger partial charge in [-0.3, -0.25) is 0 Å². The molecular weight excluding hydrogens is 356 g/mol. The first kappa shape index (κ1) is 18.8. The predicted octanol–water partition coefficient (Wildman–Crippen LogP) is 6.84. The minimum absolute atomic E-state index is 0.488. The van der Waals surface area contributed by atoms with E-state index in [0.717, 1.165) is 5.56 Å². The van der Waals surface area contributed by atoms with E-state index in [1.807, 2.05) is 43.3 Å². The Labute approximate surface area is 164 Å². The Morgan fingerprint density at radius 3 is 1.96 bits per heavy atom. The second-order valence-corrected chi connectivity index (χ2v) is 8.51. The van der Waals surface area contributed by atoms with Crippen molar-refractivity contribution < 1.29 is 5.11 Å². The van der Waals surface area contributed by atoms with Crippen molar-refractivity contribution in [3.8, 4) is 0 Å². The van der Waals surface area contributed by atoms with Crippen LogP contribution >= 0.6 is 23.5 Å². The summed E-state index contributed by atoms with van der Waals surface area (Å²) < 4.78 is 1.18. The summed E-state index contributed by atoms with van der Waals surface area (Å²) in [5.74, 6) is 0. The Balaban J connectivity index is 1.76. The number of benzene rings is 3. The highest BCUT2D eigenvalue weighted by Gasteiger charge is 2.09. The molecule has 0 aliphatic rings. The minimum Gasteiger partial charge on any atom is -0.388 e. The molecule has 0 heterocycles. The summed E-state index contributed by atoms with van der Waals surface area (Å²) >= 11 is 3.47. The van der Waals surface area contributed by atoms with Gasteiger partial charge in [-0.15, -0.1) is 0 Å². The van der Waals surface area contributed by atoms with Gasteiger partial charge in [0.25, 0.3) is 0 Å². The Bertz CT molecular complexity index is 801. The molecule has 0 aliphatic heterocycles. The van der Waals surface area contributed by atoms with E-state index in [0.29, 0.717) is 6.42 Å². The van der Waals surface area contributed by atoms with Gasteiger partial charge in [0.2, 0.25) is 0 Å². The molecule has 0 spiro atoms. The van der Waals surface area contributed by atoms with Crippen LogP contribution in [0, 0.1) is 6.92 Å². The Hall–Kier alpha value is -1.94. The van der Waals surface area contributed by atoms with E-state index in [1.165, 1.54) is 19.6 Å². The fourth-order valence-electron chi connectivity index (χ4n) is 2.53. The van der Waals surface area contributed by atoms with Crippen molar-refractivity contribution >= 4 is 23.5 Å². The van der Waals surface area contributed by atoms with Gasteiger partial charge in [0.1, 0.15) is 0 Å². The summed E-state index contributed by atoms with van der Waals surface area (Å²) in [6.45, 7) is 2.05. The van der Waals surface area contributed by atoms with Gasteiger partial charge in [-0.1, -0.05) is 95.8 Å². The van der Waals surface area contributed by atoms with Crippen LogP contribution in [0.2, 0.25) is 0 Å². The molecule has 0 unspecified atom stereocenters. The fraction of sp³-hybridized carbons (Fsp3) is 0.130. The van der Waals surface area contributed by atoms with E-state index in [-0.39, 0.29) is 0 Å². The van der Waals surface area contributed by atoms with Crippen molar-refractivity contribution in [2.24, 2.45) is 0 Å². The predicted molar refractivity (Wildman–Crippen MR) is 113 cm³/mol. The van der Waals surface area contributed by atoms with Gasteiger partial charge >= 0.3 is 0 Å². The van der Waals surface area contributed by atoms with Gasteiger partial charge in [-0.25, -0.2) is 0 Å². The van der Waals surface area contributed by atoms with Crippen molar-refractivity contribution in [3.05, 3.63) is 106 Å². The van der Waals surface area contributed by atoms with Crippen molar-refractivity contribution in [1.82, 2.24) is 0 Å². The minimum atomic E-state index is -0.488. The smallest absolute Gasteiger partial charge is 0.0825 e. The molecule has 0 aromatic heterocycles. The van der Waals surface area contributed by atoms with E-state index in [2.05, 4.69) is 54.6 Å². The largest absolute Gasteiger partial charge is 0.388 e. The zero-order valence-corrected chi connectivity index (χ0v) is 16.3. The van der Waals surface area contributed by atoms with Crippen molar-refractivity contribution in [2.45, 2.75) is 29.2 Å². The molecule has 3 heteroatoms. The lowest BCUT2D eigenvalue weighted by molar-refractivity contribution is 0.181. The third-order valence-electron chi connectivity index (χ3n) is 3.86. The average Bonchev–Trinajstić information content (AvgIpc) is 2.67. The summed E-state index contributed by atoms with van der Waals surface area (Å²) in [7, 11) is 0. The third kappa shape index (κ3) is 5.80. The Kier molecular flexibility index (Phi) is 7.01. The lowest BCUT2D eigenvalue weighted by Crippen LogP contribution is -1.96. The van der Waals surface area contributed by atoms with Crippen LogP contribution in [-0.2, 0) is 0 Å². The first-order valence-electron chi connectivity index (χ1n) is 8.61. The molecule has 0 saturated carbocycles. The molecule has 3 aromatic carbocycles. The Morgan fingerprint density at radius 1 is 0.846 bits per heavy atom. The van der Waals surface area contributed by atoms with Crippen LogP contribution in [0.5, 0.6) is 0 Å². The molecule has 0 fully saturated rings. The molecule has 1 atom stereocenters. The molecule has 0 amide bonds. The normalized spacial score (nSPS) is 11.8. The van der Waals surface area contributed by atoms with E-state index in [9.17, 15) is 5.11 Å². The van der Waals surface area contributed by atoms with Crippen molar-refractivity contribution in [1.29, 1.82) is 0 Å². The molecule has 0 bridgehead atoms. The summed E-state index contributed by atoms with van der Waals surface area (Å²) in [6, 6.07) is 28.8. The molecular formula is C23H22OS2. The van der Waals surface area contributed by atoms with Gasteiger partial charge in [-0.05, 0) is 43.2 Å². The number of hydrogen-bond donors (Lipinski definition) is 1. The van der Waals surface area contributed by atoms with Crippen molar-refractivity contribution in [2.75, 3.05) is 0 Å². The first-order valence-corrected chi connectivity index (χ1v) is 10.2. The molecule has 0 radical (unpaired) electrons. The second-order valence-electron chi connectivity index (χ2n) is 6.02. The van der Waals surface area contributed by atoms with Crippen LogP contribution in [0.4, 0.5) is 0 Å². The number of aliphatic hydroxyl groups is 1. The lowest BCUT2D eigenvalue weighted by atomic mass is 10.0. The topological polar surface area (TPSA) is 20.2 Å². The summed E-state index contributed by atoms with van der Waals surface area (Å²) in [4.78, 5) is 2.40. The van der Waals surface area contributed by atoms with E-state index >= 15 is 0 Å². The van der Waals surface area contributed by atoms with Gasteiger partial charge in [0, 0.05) is 14.0 Å². The third-order valence-corrected chi connectivity index (χ3v) is 6.11. The van der Waals surface area contributed by atoms with Crippen molar-refractivity contribution in [3.63, 3.8) is 0 Å². The highest BCUT2D eigenvalue weighted by molar-refractivity contribution is 8.22. The highest BCUT2D eigenvalue weighted by atomic mass is 32.2. The van der Waals surface area contributed by atoms with Gasteiger partial charge in [-0.2, -0.15) is 0 Å². The van der Waals surface area contributed by atoms with Crippen LogP contribution in [0.25, 0.3) is 0 Å². The lowest BCUT2D eigenvalue weighted by Gasteiger charge is -2.12. The number of aryl methyl sites for hydroxylation is 1. The van der Waals surface area contributed by atoms with Crippen LogP contribution < -0.4 is 0 Å². The van der Waals surface area contributed by atoms with Gasteiger partial charge < -0.3 is 5.11 Å². The summed E-state index contributed by atoms with van der Waals surface area (Å²) in [6.07, 6.45) is 2.25. The maximum Gasteiger partial charge on any atom is 0.0825 e. The number of hydrogen-bond acceptors (Lipinski definition) is 3. The molecule has 132 valence electrons. The van der Waals surface area contributed by atoms with Crippen LogP contribution in [-0.4, -0.2) is 5.11 Å². The van der Waals surface area contributed by atoms with E-state index < -0.39 is 6.10 Å². The summed E-state index contributed by atoms with van der Waals surface area (Å²) in [5, 5.41) is 10.6. The molecule has 0 aliphatic carbocycles. The average molecular weight is 379 g/mol. The monoisotopic (exact) mass is 378 g/mol. The Morgan fingerprint density at radius 2 is 1.42 bits per heavy atom. The molecule has 3 aromatic rings. The fourth-order valence-corrected chi connectivity index (χ4v) is 4.69. The molecule has 1 N–H and O–H groups in total.